The molecule has 0 aromatic heterocycles. The summed E-state index contributed by atoms with van der Waals surface area (Å²) in [5.41, 5.74) is 6.24. The highest BCUT2D eigenvalue weighted by Gasteiger charge is 2.57. The first-order chi connectivity index (χ1) is 30.8. The van der Waals surface area contributed by atoms with Gasteiger partial charge in [0.25, 0.3) is 0 Å². The molecule has 11 nitrogen and oxygen atoms in total. The Morgan fingerprint density at radius 3 is 1.39 bits per heavy atom. The number of carbonyl (C=O) groups excluding carboxylic acids is 3. The van der Waals surface area contributed by atoms with E-state index in [1.807, 2.05) is 13.8 Å². The van der Waals surface area contributed by atoms with Crippen molar-refractivity contribution in [3.05, 3.63) is 11.4 Å². The summed E-state index contributed by atoms with van der Waals surface area (Å²) in [4.78, 5) is 40.9. The van der Waals surface area contributed by atoms with E-state index >= 15 is 0 Å². The third kappa shape index (κ3) is 17.2. The lowest BCUT2D eigenvalue weighted by atomic mass is 9.60. The lowest BCUT2D eigenvalue weighted by molar-refractivity contribution is -0.223. The maximum atomic E-state index is 12.6. The van der Waals surface area contributed by atoms with Crippen molar-refractivity contribution in [3.8, 4) is 0 Å². The number of unbranched alkanes of at least 4 members (excludes halogenated alkanes) is 3. The molecular weight excluding hydrogens is 843 g/mol. The van der Waals surface area contributed by atoms with Crippen LogP contribution in [0.4, 0.5) is 0 Å². The van der Waals surface area contributed by atoms with Crippen LogP contribution in [0.5, 0.6) is 0 Å². The Balaban J connectivity index is 0.000000238. The summed E-state index contributed by atoms with van der Waals surface area (Å²) in [6, 6.07) is 0.194. The number of hydrogen-bond donors (Lipinski definition) is 2. The van der Waals surface area contributed by atoms with Crippen LogP contribution in [-0.2, 0) is 33.3 Å². The molecule has 6 fully saturated rings. The van der Waals surface area contributed by atoms with Crippen LogP contribution >= 0.6 is 0 Å². The standard InChI is InChI=1S/C16H28O3.C14H25NO2.C14H27NO.C12H19NO2/c1-5-6-7-13(17)15(4)10-14(2,3)11-16(12-15)18-8-9-19-16;1-5-6-7-12(16)14(4)9-11(15-17)8-13(2,3)10-14;1-5-6-7-12(16)14(4)9-11(15)8-13(2,3)10-14;1-10(2)7-11(3,13-4)9-12(8-10)14-5-6-15-12/h5-12H2,1-4H3;17H,5-10H2,1-4H3;11H,5-10,15H2,1-4H3;5-9H2,1-3H3/b;15-11+;;. The van der Waals surface area contributed by atoms with Crippen molar-refractivity contribution < 1.29 is 38.5 Å². The van der Waals surface area contributed by atoms with Gasteiger partial charge in [-0.25, -0.2) is 6.57 Å². The highest BCUT2D eigenvalue weighted by molar-refractivity contribution is 5.94. The molecule has 2 aliphatic heterocycles. The second kappa shape index (κ2) is 23.3. The summed E-state index contributed by atoms with van der Waals surface area (Å²) in [6.45, 7) is 42.2. The molecule has 386 valence electrons. The number of hydrogen-bond acceptors (Lipinski definition) is 10. The largest absolute Gasteiger partial charge is 0.411 e. The average Bonchev–Trinajstić information content (AvgIpc) is 3.83. The van der Waals surface area contributed by atoms with Crippen LogP contribution in [0.3, 0.4) is 0 Å². The predicted molar refractivity (Wildman–Crippen MR) is 270 cm³/mol. The molecule has 4 aliphatic carbocycles. The number of nitrogens with two attached hydrogens (primary N) is 1. The van der Waals surface area contributed by atoms with Crippen molar-refractivity contribution in [3.63, 3.8) is 0 Å². The van der Waals surface area contributed by atoms with Crippen molar-refractivity contribution in [2.24, 2.45) is 48.8 Å². The zero-order valence-corrected chi connectivity index (χ0v) is 45.5. The lowest BCUT2D eigenvalue weighted by Crippen LogP contribution is -2.50. The maximum Gasteiger partial charge on any atom is 0.235 e. The third-order valence-corrected chi connectivity index (χ3v) is 15.4. The van der Waals surface area contributed by atoms with E-state index in [9.17, 15) is 14.4 Å². The van der Waals surface area contributed by atoms with E-state index in [2.05, 4.69) is 100 Å². The maximum absolute atomic E-state index is 12.6. The minimum absolute atomic E-state index is 0.0520. The van der Waals surface area contributed by atoms with Gasteiger partial charge in [-0.3, -0.25) is 14.4 Å². The third-order valence-electron chi connectivity index (χ3n) is 15.4. The van der Waals surface area contributed by atoms with Gasteiger partial charge in [0, 0.05) is 80.6 Å². The monoisotopic (exact) mass is 942 g/mol. The van der Waals surface area contributed by atoms with Crippen LogP contribution in [0.2, 0.25) is 0 Å². The van der Waals surface area contributed by atoms with Crippen molar-refractivity contribution in [2.45, 2.75) is 262 Å². The molecule has 0 aromatic carbocycles. The molecule has 2 spiro atoms. The molecule has 2 heterocycles. The summed E-state index contributed by atoms with van der Waals surface area (Å²) in [5.74, 6) is 0.172. The molecular formula is C56H99N3O8. The first-order valence-electron chi connectivity index (χ1n) is 26.3. The van der Waals surface area contributed by atoms with Crippen LogP contribution in [0, 0.1) is 44.5 Å². The van der Waals surface area contributed by atoms with E-state index < -0.39 is 11.6 Å². The van der Waals surface area contributed by atoms with Gasteiger partial charge in [0.2, 0.25) is 5.54 Å². The van der Waals surface area contributed by atoms with Gasteiger partial charge < -0.3 is 34.7 Å². The molecule has 0 bridgehead atoms. The molecule has 0 aromatic rings. The highest BCUT2D eigenvalue weighted by atomic mass is 16.7. The Labute approximate surface area is 408 Å². The molecule has 5 unspecified atom stereocenters. The van der Waals surface area contributed by atoms with Gasteiger partial charge >= 0.3 is 0 Å². The van der Waals surface area contributed by atoms with Crippen molar-refractivity contribution in [2.75, 3.05) is 26.4 Å². The van der Waals surface area contributed by atoms with Crippen LogP contribution in [-0.4, -0.2) is 77.9 Å². The summed E-state index contributed by atoms with van der Waals surface area (Å²) < 4.78 is 23.3. The number of nitrogens with zero attached hydrogens (tertiary/aromatic N) is 2. The van der Waals surface area contributed by atoms with Crippen molar-refractivity contribution in [1.82, 2.24) is 0 Å². The van der Waals surface area contributed by atoms with E-state index in [0.717, 1.165) is 115 Å². The minimum Gasteiger partial charge on any atom is -0.411 e. The Kier molecular flexibility index (Phi) is 20.6. The van der Waals surface area contributed by atoms with Crippen molar-refractivity contribution in [1.29, 1.82) is 0 Å². The molecule has 0 amide bonds. The average molecular weight is 942 g/mol. The van der Waals surface area contributed by atoms with E-state index in [-0.39, 0.29) is 49.5 Å². The lowest BCUT2D eigenvalue weighted by Gasteiger charge is -2.49. The summed E-state index contributed by atoms with van der Waals surface area (Å²) in [6.07, 6.45) is 18.6. The number of Topliss-reactive ketones (excluding diaryl/α,β-unsaturated/α-hetero) is 3. The van der Waals surface area contributed by atoms with Crippen LogP contribution < -0.4 is 5.73 Å². The van der Waals surface area contributed by atoms with Gasteiger partial charge in [0.15, 0.2) is 11.6 Å². The summed E-state index contributed by atoms with van der Waals surface area (Å²) >= 11 is 0. The molecule has 11 heteroatoms. The Bertz CT molecular complexity index is 1720. The number of ketones is 3. The second-order valence-corrected chi connectivity index (χ2v) is 26.3. The van der Waals surface area contributed by atoms with Crippen LogP contribution in [0.1, 0.15) is 239 Å². The zero-order valence-electron chi connectivity index (χ0n) is 45.5. The Hall–Kier alpha value is -2.23. The number of oxime groups is 1. The fourth-order valence-electron chi connectivity index (χ4n) is 14.0. The minimum atomic E-state index is -0.502. The van der Waals surface area contributed by atoms with E-state index in [0.29, 0.717) is 69.5 Å². The number of carbonyl (C=O) groups is 3. The van der Waals surface area contributed by atoms with Gasteiger partial charge in [-0.05, 0) is 79.4 Å². The van der Waals surface area contributed by atoms with Gasteiger partial charge in [0.05, 0.1) is 38.6 Å². The molecule has 3 N–H and O–H groups in total. The summed E-state index contributed by atoms with van der Waals surface area (Å²) in [7, 11) is 0. The summed E-state index contributed by atoms with van der Waals surface area (Å²) in [5, 5.41) is 12.4. The van der Waals surface area contributed by atoms with Gasteiger partial charge in [-0.1, -0.05) is 121 Å². The Morgan fingerprint density at radius 2 is 0.955 bits per heavy atom. The molecule has 4 saturated carbocycles. The van der Waals surface area contributed by atoms with Gasteiger partial charge in [0.1, 0.15) is 17.3 Å². The SMILES string of the molecule is CCCCC(=O)C1(C)C/C(=N/O)CC(C)(C)C1.CCCCC(=O)C1(C)CC(C)(C)CC2(C1)OCCO2.CCCCC(=O)C1(C)CC(N)CC(C)(C)C1.[C-]#[N+]C1(C)CC(C)(C)CC2(C1)OCCO2. The van der Waals surface area contributed by atoms with Gasteiger partial charge in [-0.2, -0.15) is 0 Å². The Morgan fingerprint density at radius 1 is 0.552 bits per heavy atom. The zero-order chi connectivity index (χ0) is 50.8. The van der Waals surface area contributed by atoms with E-state index in [4.69, 9.17) is 36.5 Å². The topological polar surface area (TPSA) is 151 Å². The highest BCUT2D eigenvalue weighted by Crippen LogP contribution is 2.55. The first-order valence-corrected chi connectivity index (χ1v) is 26.3. The fourth-order valence-corrected chi connectivity index (χ4v) is 14.0. The molecule has 0 radical (unpaired) electrons. The second-order valence-electron chi connectivity index (χ2n) is 26.3. The quantitative estimate of drug-likeness (QED) is 0.111. The molecule has 2 saturated heterocycles. The van der Waals surface area contributed by atoms with Crippen molar-refractivity contribution >= 4 is 23.1 Å². The van der Waals surface area contributed by atoms with Crippen LogP contribution in [0.15, 0.2) is 5.16 Å². The smallest absolute Gasteiger partial charge is 0.235 e. The first kappa shape index (κ1) is 59.1. The predicted octanol–water partition coefficient (Wildman–Crippen LogP) is 13.4. The van der Waals surface area contributed by atoms with E-state index in [1.54, 1.807) is 0 Å². The fraction of sp³-hybridized carbons (Fsp3) is 0.911. The van der Waals surface area contributed by atoms with Crippen LogP contribution in [0.25, 0.3) is 4.85 Å². The molecule has 67 heavy (non-hydrogen) atoms. The van der Waals surface area contributed by atoms with E-state index in [1.165, 1.54) is 0 Å². The normalized spacial score (nSPS) is 33.5. The van der Waals surface area contributed by atoms with Gasteiger partial charge in [-0.15, -0.1) is 0 Å². The molecule has 6 rings (SSSR count). The number of ether oxygens (including phenoxy) is 4. The molecule has 5 atom stereocenters. The molecule has 6 aliphatic rings. The number of rotatable bonds is 12.